The van der Waals surface area contributed by atoms with E-state index in [9.17, 15) is 4.79 Å². The zero-order valence-electron chi connectivity index (χ0n) is 11.3. The second-order valence-electron chi connectivity index (χ2n) is 4.95. The van der Waals surface area contributed by atoms with Gasteiger partial charge in [0.2, 0.25) is 11.8 Å². The number of carbonyl (C=O) groups excluding carboxylic acids is 1. The first kappa shape index (κ1) is 14.6. The summed E-state index contributed by atoms with van der Waals surface area (Å²) in [5.74, 6) is 1.74. The van der Waals surface area contributed by atoms with Crippen molar-refractivity contribution in [2.75, 3.05) is 6.54 Å². The lowest BCUT2D eigenvalue weighted by Gasteiger charge is -2.16. The molecule has 6 nitrogen and oxygen atoms in total. The van der Waals surface area contributed by atoms with Crippen molar-refractivity contribution in [3.63, 3.8) is 0 Å². The van der Waals surface area contributed by atoms with Gasteiger partial charge in [0.1, 0.15) is 0 Å². The fraction of sp³-hybridized carbons (Fsp3) is 0.750. The number of rotatable bonds is 7. The van der Waals surface area contributed by atoms with Crippen molar-refractivity contribution < 1.29 is 9.32 Å². The van der Waals surface area contributed by atoms with Crippen LogP contribution in [0.25, 0.3) is 0 Å². The van der Waals surface area contributed by atoms with Crippen LogP contribution in [0, 0.1) is 18.8 Å². The Morgan fingerprint density at radius 2 is 2.22 bits per heavy atom. The largest absolute Gasteiger partial charge is 0.347 e. The molecule has 0 saturated heterocycles. The standard InChI is InChI=1S/C12H22N4O2/c1-8(2)4-10(6-13)5-11(17)14-7-12-15-9(3)16-18-12/h8,10H,4-7,13H2,1-3H3,(H,14,17)/t10-/m0/s1. The van der Waals surface area contributed by atoms with Gasteiger partial charge in [0.15, 0.2) is 5.82 Å². The number of amides is 1. The van der Waals surface area contributed by atoms with E-state index >= 15 is 0 Å². The van der Waals surface area contributed by atoms with Crippen LogP contribution in [0.5, 0.6) is 0 Å². The Morgan fingerprint density at radius 1 is 1.50 bits per heavy atom. The predicted octanol–water partition coefficient (Wildman–Crippen LogP) is 1.01. The van der Waals surface area contributed by atoms with E-state index in [-0.39, 0.29) is 18.4 Å². The monoisotopic (exact) mass is 254 g/mol. The van der Waals surface area contributed by atoms with Gasteiger partial charge in [-0.3, -0.25) is 4.79 Å². The van der Waals surface area contributed by atoms with Crippen molar-refractivity contribution in [2.45, 2.75) is 40.2 Å². The molecule has 0 radical (unpaired) electrons. The van der Waals surface area contributed by atoms with Crippen LogP contribution in [0.15, 0.2) is 4.52 Å². The molecule has 0 aliphatic rings. The van der Waals surface area contributed by atoms with Crippen molar-refractivity contribution in [3.05, 3.63) is 11.7 Å². The van der Waals surface area contributed by atoms with Gasteiger partial charge in [0.25, 0.3) is 0 Å². The highest BCUT2D eigenvalue weighted by Gasteiger charge is 2.14. The van der Waals surface area contributed by atoms with Crippen LogP contribution in [0.2, 0.25) is 0 Å². The maximum atomic E-state index is 11.7. The Kier molecular flexibility index (Phi) is 5.77. The van der Waals surface area contributed by atoms with Gasteiger partial charge in [-0.15, -0.1) is 0 Å². The molecule has 0 aliphatic carbocycles. The summed E-state index contributed by atoms with van der Waals surface area (Å²) in [5, 5.41) is 6.41. The van der Waals surface area contributed by atoms with Crippen molar-refractivity contribution in [3.8, 4) is 0 Å². The van der Waals surface area contributed by atoms with Crippen LogP contribution in [-0.4, -0.2) is 22.6 Å². The molecule has 1 aromatic heterocycles. The van der Waals surface area contributed by atoms with Gasteiger partial charge >= 0.3 is 0 Å². The van der Waals surface area contributed by atoms with Crippen molar-refractivity contribution >= 4 is 5.91 Å². The molecule has 0 fully saturated rings. The smallest absolute Gasteiger partial charge is 0.246 e. The summed E-state index contributed by atoms with van der Waals surface area (Å²) in [6, 6.07) is 0. The highest BCUT2D eigenvalue weighted by molar-refractivity contribution is 5.76. The molecule has 3 N–H and O–H groups in total. The Balaban J connectivity index is 2.32. The maximum absolute atomic E-state index is 11.7. The molecule has 18 heavy (non-hydrogen) atoms. The summed E-state index contributed by atoms with van der Waals surface area (Å²) in [5.41, 5.74) is 5.66. The zero-order valence-corrected chi connectivity index (χ0v) is 11.3. The SMILES string of the molecule is Cc1noc(CNC(=O)C[C@@H](CN)CC(C)C)n1. The number of hydrogen-bond acceptors (Lipinski definition) is 5. The van der Waals surface area contributed by atoms with E-state index in [1.807, 2.05) is 0 Å². The van der Waals surface area contributed by atoms with Crippen LogP contribution >= 0.6 is 0 Å². The average Bonchev–Trinajstić information content (AvgIpc) is 2.71. The second kappa shape index (κ2) is 7.10. The minimum absolute atomic E-state index is 0.0260. The molecule has 6 heteroatoms. The van der Waals surface area contributed by atoms with Crippen LogP contribution in [0.4, 0.5) is 0 Å². The van der Waals surface area contributed by atoms with Gasteiger partial charge in [-0.2, -0.15) is 4.98 Å². The van der Waals surface area contributed by atoms with E-state index in [4.69, 9.17) is 10.3 Å². The third-order valence-electron chi connectivity index (χ3n) is 2.62. The molecular formula is C12H22N4O2. The molecular weight excluding hydrogens is 232 g/mol. The Labute approximate surface area is 107 Å². The van der Waals surface area contributed by atoms with Crippen molar-refractivity contribution in [1.82, 2.24) is 15.5 Å². The maximum Gasteiger partial charge on any atom is 0.246 e. The predicted molar refractivity (Wildman–Crippen MR) is 67.5 cm³/mol. The topological polar surface area (TPSA) is 94.0 Å². The highest BCUT2D eigenvalue weighted by Crippen LogP contribution is 2.14. The van der Waals surface area contributed by atoms with E-state index in [1.54, 1.807) is 6.92 Å². The van der Waals surface area contributed by atoms with Gasteiger partial charge in [0, 0.05) is 6.42 Å². The number of aromatic nitrogens is 2. The first-order valence-electron chi connectivity index (χ1n) is 6.27. The fourth-order valence-electron chi connectivity index (χ4n) is 1.85. The summed E-state index contributed by atoms with van der Waals surface area (Å²) in [7, 11) is 0. The molecule has 0 unspecified atom stereocenters. The van der Waals surface area contributed by atoms with Crippen LogP contribution in [0.1, 0.15) is 38.4 Å². The van der Waals surface area contributed by atoms with Gasteiger partial charge < -0.3 is 15.6 Å². The zero-order chi connectivity index (χ0) is 13.5. The van der Waals surface area contributed by atoms with Gasteiger partial charge in [-0.25, -0.2) is 0 Å². The van der Waals surface area contributed by atoms with E-state index in [2.05, 4.69) is 29.3 Å². The molecule has 1 amide bonds. The molecule has 1 rings (SSSR count). The first-order chi connectivity index (χ1) is 8.51. The first-order valence-corrected chi connectivity index (χ1v) is 6.27. The lowest BCUT2D eigenvalue weighted by molar-refractivity contribution is -0.122. The van der Waals surface area contributed by atoms with E-state index < -0.39 is 0 Å². The number of carbonyl (C=O) groups is 1. The fourth-order valence-corrected chi connectivity index (χ4v) is 1.85. The summed E-state index contributed by atoms with van der Waals surface area (Å²) in [4.78, 5) is 15.7. The summed E-state index contributed by atoms with van der Waals surface area (Å²) in [6.45, 7) is 6.80. The Hall–Kier alpha value is -1.43. The van der Waals surface area contributed by atoms with E-state index in [0.717, 1.165) is 6.42 Å². The third kappa shape index (κ3) is 5.27. The number of nitrogens with one attached hydrogen (secondary N) is 1. The molecule has 102 valence electrons. The van der Waals surface area contributed by atoms with Crippen LogP contribution in [0.3, 0.4) is 0 Å². The van der Waals surface area contributed by atoms with Crippen LogP contribution < -0.4 is 11.1 Å². The lowest BCUT2D eigenvalue weighted by Crippen LogP contribution is -2.28. The number of hydrogen-bond donors (Lipinski definition) is 2. The number of nitrogens with zero attached hydrogens (tertiary/aromatic N) is 2. The van der Waals surface area contributed by atoms with Gasteiger partial charge in [-0.1, -0.05) is 19.0 Å². The molecule has 1 atom stereocenters. The third-order valence-corrected chi connectivity index (χ3v) is 2.62. The minimum Gasteiger partial charge on any atom is -0.347 e. The van der Waals surface area contributed by atoms with E-state index in [1.165, 1.54) is 0 Å². The van der Waals surface area contributed by atoms with Gasteiger partial charge in [0.05, 0.1) is 6.54 Å². The molecule has 1 heterocycles. The van der Waals surface area contributed by atoms with Gasteiger partial charge in [-0.05, 0) is 31.7 Å². The lowest BCUT2D eigenvalue weighted by atomic mass is 9.94. The Bertz CT molecular complexity index is 376. The molecule has 0 bridgehead atoms. The second-order valence-corrected chi connectivity index (χ2v) is 4.95. The molecule has 0 aromatic carbocycles. The Morgan fingerprint density at radius 3 is 2.72 bits per heavy atom. The van der Waals surface area contributed by atoms with Crippen molar-refractivity contribution in [1.29, 1.82) is 0 Å². The molecule has 0 spiro atoms. The summed E-state index contributed by atoms with van der Waals surface area (Å²) < 4.78 is 4.91. The van der Waals surface area contributed by atoms with Crippen LogP contribution in [-0.2, 0) is 11.3 Å². The minimum atomic E-state index is -0.0260. The normalized spacial score (nSPS) is 12.7. The highest BCUT2D eigenvalue weighted by atomic mass is 16.5. The number of nitrogens with two attached hydrogens (primary N) is 1. The molecule has 0 saturated carbocycles. The molecule has 0 aliphatic heterocycles. The summed E-state index contributed by atoms with van der Waals surface area (Å²) >= 11 is 0. The average molecular weight is 254 g/mol. The van der Waals surface area contributed by atoms with Crippen molar-refractivity contribution in [2.24, 2.45) is 17.6 Å². The molecule has 1 aromatic rings. The van der Waals surface area contributed by atoms with E-state index in [0.29, 0.717) is 30.6 Å². The quantitative estimate of drug-likeness (QED) is 0.757. The number of aryl methyl sites for hydroxylation is 1. The summed E-state index contributed by atoms with van der Waals surface area (Å²) in [6.07, 6.45) is 1.41.